The van der Waals surface area contributed by atoms with Crippen LogP contribution in [-0.4, -0.2) is 14.5 Å². The van der Waals surface area contributed by atoms with E-state index in [9.17, 15) is 0 Å². The molecule has 1 unspecified atom stereocenters. The van der Waals surface area contributed by atoms with Crippen LogP contribution in [0.2, 0.25) is 0 Å². The monoisotopic (exact) mass is 250 g/mol. The number of imidazole rings is 1. The second-order valence-corrected chi connectivity index (χ2v) is 5.64. The Labute approximate surface area is 106 Å². The number of thiazole rings is 1. The summed E-state index contributed by atoms with van der Waals surface area (Å²) in [4.78, 5) is 8.65. The fourth-order valence-electron chi connectivity index (χ4n) is 1.74. The molecule has 0 bridgehead atoms. The number of rotatable bonds is 4. The first kappa shape index (κ1) is 12.3. The molecule has 0 aliphatic carbocycles. The van der Waals surface area contributed by atoms with Crippen LogP contribution in [0.1, 0.15) is 36.3 Å². The van der Waals surface area contributed by atoms with Gasteiger partial charge in [-0.2, -0.15) is 0 Å². The average molecular weight is 250 g/mol. The van der Waals surface area contributed by atoms with Crippen molar-refractivity contribution in [3.63, 3.8) is 0 Å². The van der Waals surface area contributed by atoms with E-state index in [-0.39, 0.29) is 6.04 Å². The second-order valence-electron chi connectivity index (χ2n) is 4.57. The van der Waals surface area contributed by atoms with Gasteiger partial charge in [-0.3, -0.25) is 0 Å². The van der Waals surface area contributed by atoms with Crippen molar-refractivity contribution in [1.29, 1.82) is 0 Å². The Morgan fingerprint density at radius 2 is 2.24 bits per heavy atom. The minimum atomic E-state index is 0.0252. The minimum Gasteiger partial charge on any atom is -0.327 e. The van der Waals surface area contributed by atoms with Crippen molar-refractivity contribution in [3.8, 4) is 0 Å². The molecule has 0 aromatic carbocycles. The molecule has 4 nitrogen and oxygen atoms in total. The molecule has 5 heteroatoms. The first-order chi connectivity index (χ1) is 8.08. The van der Waals surface area contributed by atoms with Crippen molar-refractivity contribution in [2.75, 3.05) is 0 Å². The zero-order valence-electron chi connectivity index (χ0n) is 10.4. The predicted molar refractivity (Wildman–Crippen MR) is 69.9 cm³/mol. The molecular weight excluding hydrogens is 232 g/mol. The van der Waals surface area contributed by atoms with Crippen LogP contribution in [0.25, 0.3) is 0 Å². The molecule has 0 saturated carbocycles. The van der Waals surface area contributed by atoms with E-state index >= 15 is 0 Å². The van der Waals surface area contributed by atoms with Crippen LogP contribution < -0.4 is 5.73 Å². The number of aryl methyl sites for hydroxylation is 1. The van der Waals surface area contributed by atoms with Crippen LogP contribution >= 0.6 is 11.3 Å². The molecule has 17 heavy (non-hydrogen) atoms. The lowest BCUT2D eigenvalue weighted by Gasteiger charge is -2.17. The number of aromatic nitrogens is 3. The lowest BCUT2D eigenvalue weighted by Crippen LogP contribution is -2.20. The fraction of sp³-hybridized carbons (Fsp3) is 0.500. The summed E-state index contributed by atoms with van der Waals surface area (Å²) in [5.41, 5.74) is 8.31. The molecule has 2 N–H and O–H groups in total. The summed E-state index contributed by atoms with van der Waals surface area (Å²) in [6.45, 7) is 7.01. The van der Waals surface area contributed by atoms with Crippen molar-refractivity contribution >= 4 is 11.3 Å². The molecule has 0 fully saturated rings. The fourth-order valence-corrected chi connectivity index (χ4v) is 2.34. The van der Waals surface area contributed by atoms with Crippen LogP contribution in [0.5, 0.6) is 0 Å². The van der Waals surface area contributed by atoms with Crippen molar-refractivity contribution in [3.05, 3.63) is 34.3 Å². The van der Waals surface area contributed by atoms with Crippen molar-refractivity contribution < 1.29 is 0 Å². The van der Waals surface area contributed by atoms with E-state index in [1.165, 1.54) is 0 Å². The molecule has 0 saturated heterocycles. The highest BCUT2D eigenvalue weighted by atomic mass is 32.1. The van der Waals surface area contributed by atoms with Gasteiger partial charge in [0.25, 0.3) is 0 Å². The Hall–Kier alpha value is -1.20. The van der Waals surface area contributed by atoms with Gasteiger partial charge in [-0.05, 0) is 12.8 Å². The minimum absolute atomic E-state index is 0.0252. The van der Waals surface area contributed by atoms with Gasteiger partial charge in [0.15, 0.2) is 0 Å². The lowest BCUT2D eigenvalue weighted by molar-refractivity contribution is 0.484. The van der Waals surface area contributed by atoms with Gasteiger partial charge >= 0.3 is 0 Å². The van der Waals surface area contributed by atoms with E-state index in [4.69, 9.17) is 5.73 Å². The molecule has 2 aromatic heterocycles. The Balaban J connectivity index is 2.19. The SMILES string of the molecule is Cc1nc(Cn2cncc2C(N)C(C)C)cs1. The van der Waals surface area contributed by atoms with E-state index in [2.05, 4.69) is 33.8 Å². The maximum Gasteiger partial charge on any atom is 0.0952 e. The molecule has 2 rings (SSSR count). The largest absolute Gasteiger partial charge is 0.327 e. The van der Waals surface area contributed by atoms with Gasteiger partial charge < -0.3 is 10.3 Å². The molecule has 0 aliphatic rings. The molecular formula is C12H18N4S. The van der Waals surface area contributed by atoms with Crippen LogP contribution in [0, 0.1) is 12.8 Å². The molecule has 0 spiro atoms. The molecule has 1 atom stereocenters. The zero-order chi connectivity index (χ0) is 12.4. The summed E-state index contributed by atoms with van der Waals surface area (Å²) in [6, 6.07) is 0.0252. The van der Waals surface area contributed by atoms with Gasteiger partial charge in [0, 0.05) is 17.6 Å². The van der Waals surface area contributed by atoms with Gasteiger partial charge in [-0.1, -0.05) is 13.8 Å². The molecule has 2 aromatic rings. The van der Waals surface area contributed by atoms with Crippen molar-refractivity contribution in [2.24, 2.45) is 11.7 Å². The number of nitrogens with zero attached hydrogens (tertiary/aromatic N) is 3. The zero-order valence-corrected chi connectivity index (χ0v) is 11.2. The van der Waals surface area contributed by atoms with Gasteiger partial charge in [-0.15, -0.1) is 11.3 Å². The summed E-state index contributed by atoms with van der Waals surface area (Å²) in [5.74, 6) is 0.405. The third-order valence-electron chi connectivity index (χ3n) is 2.80. The van der Waals surface area contributed by atoms with Crippen LogP contribution in [-0.2, 0) is 6.54 Å². The second kappa shape index (κ2) is 4.98. The Kier molecular flexibility index (Phi) is 3.59. The van der Waals surface area contributed by atoms with Crippen LogP contribution in [0.3, 0.4) is 0 Å². The first-order valence-corrected chi connectivity index (χ1v) is 6.62. The standard InChI is InChI=1S/C12H18N4S/c1-8(2)12(13)11-4-14-7-16(11)5-10-6-17-9(3)15-10/h4,6-8,12H,5,13H2,1-3H3. The lowest BCUT2D eigenvalue weighted by atomic mass is 10.0. The van der Waals surface area contributed by atoms with Gasteiger partial charge in [0.1, 0.15) is 0 Å². The predicted octanol–water partition coefficient (Wildman–Crippen LogP) is 2.35. The van der Waals surface area contributed by atoms with Gasteiger partial charge in [0.05, 0.1) is 29.3 Å². The van der Waals surface area contributed by atoms with E-state index in [1.807, 2.05) is 19.4 Å². The summed E-state index contributed by atoms with van der Waals surface area (Å²) < 4.78 is 2.08. The summed E-state index contributed by atoms with van der Waals surface area (Å²) in [6.07, 6.45) is 3.68. The summed E-state index contributed by atoms with van der Waals surface area (Å²) in [5, 5.41) is 3.18. The Bertz CT molecular complexity index is 486. The maximum absolute atomic E-state index is 6.16. The average Bonchev–Trinajstić information content (AvgIpc) is 2.87. The quantitative estimate of drug-likeness (QED) is 0.906. The normalized spacial score (nSPS) is 13.2. The smallest absolute Gasteiger partial charge is 0.0952 e. The molecule has 0 radical (unpaired) electrons. The van der Waals surface area contributed by atoms with Crippen molar-refractivity contribution in [2.45, 2.75) is 33.4 Å². The van der Waals surface area contributed by atoms with E-state index in [0.29, 0.717) is 5.92 Å². The summed E-state index contributed by atoms with van der Waals surface area (Å²) >= 11 is 1.67. The van der Waals surface area contributed by atoms with E-state index in [0.717, 1.165) is 22.9 Å². The Morgan fingerprint density at radius 1 is 1.47 bits per heavy atom. The Morgan fingerprint density at radius 3 is 2.82 bits per heavy atom. The summed E-state index contributed by atoms with van der Waals surface area (Å²) in [7, 11) is 0. The topological polar surface area (TPSA) is 56.7 Å². The molecule has 92 valence electrons. The van der Waals surface area contributed by atoms with Gasteiger partial charge in [0.2, 0.25) is 0 Å². The van der Waals surface area contributed by atoms with Crippen LogP contribution in [0.15, 0.2) is 17.9 Å². The first-order valence-electron chi connectivity index (χ1n) is 5.74. The third-order valence-corrected chi connectivity index (χ3v) is 3.63. The third kappa shape index (κ3) is 2.73. The molecule has 0 amide bonds. The maximum atomic E-state index is 6.16. The van der Waals surface area contributed by atoms with Crippen molar-refractivity contribution in [1.82, 2.24) is 14.5 Å². The highest BCUT2D eigenvalue weighted by molar-refractivity contribution is 7.09. The highest BCUT2D eigenvalue weighted by Gasteiger charge is 2.15. The van der Waals surface area contributed by atoms with Gasteiger partial charge in [-0.25, -0.2) is 9.97 Å². The number of hydrogen-bond acceptors (Lipinski definition) is 4. The van der Waals surface area contributed by atoms with E-state index < -0.39 is 0 Å². The number of nitrogens with two attached hydrogens (primary N) is 1. The molecule has 2 heterocycles. The molecule has 0 aliphatic heterocycles. The van der Waals surface area contributed by atoms with Crippen LogP contribution in [0.4, 0.5) is 0 Å². The number of hydrogen-bond donors (Lipinski definition) is 1. The highest BCUT2D eigenvalue weighted by Crippen LogP contribution is 2.19. The van der Waals surface area contributed by atoms with E-state index in [1.54, 1.807) is 11.3 Å².